The Morgan fingerprint density at radius 3 is 2.31 bits per heavy atom. The molecule has 0 radical (unpaired) electrons. The first kappa shape index (κ1) is 10.5. The van der Waals surface area contributed by atoms with Crippen LogP contribution in [0.25, 0.3) is 0 Å². The van der Waals surface area contributed by atoms with Gasteiger partial charge >= 0.3 is 5.97 Å². The van der Waals surface area contributed by atoms with Crippen molar-refractivity contribution in [2.24, 2.45) is 0 Å². The van der Waals surface area contributed by atoms with Crippen LogP contribution >= 0.6 is 23.2 Å². The van der Waals surface area contributed by atoms with E-state index in [1.165, 1.54) is 0 Å². The number of carbonyl (C=O) groups is 1. The number of hydrogen-bond donors (Lipinski definition) is 3. The maximum absolute atomic E-state index is 10.5. The molecule has 13 heavy (non-hydrogen) atoms. The van der Waals surface area contributed by atoms with Gasteiger partial charge in [-0.2, -0.15) is 0 Å². The number of aliphatic hydroxyl groups excluding tert-OH is 2. The van der Waals surface area contributed by atoms with Gasteiger partial charge in [0, 0.05) is 0 Å². The van der Waals surface area contributed by atoms with E-state index in [4.69, 9.17) is 28.3 Å². The van der Waals surface area contributed by atoms with Crippen molar-refractivity contribution in [3.05, 3.63) is 21.7 Å². The molecule has 0 fully saturated rings. The molecule has 0 bridgehead atoms. The highest BCUT2D eigenvalue weighted by Gasteiger charge is 2.32. The van der Waals surface area contributed by atoms with Gasteiger partial charge in [0.2, 0.25) is 0 Å². The van der Waals surface area contributed by atoms with Crippen LogP contribution in [-0.4, -0.2) is 33.5 Å². The number of carboxylic acid groups (broad SMARTS) is 1. The van der Waals surface area contributed by atoms with Gasteiger partial charge in [0.25, 0.3) is 0 Å². The first-order chi connectivity index (χ1) is 5.95. The van der Waals surface area contributed by atoms with E-state index in [0.717, 1.165) is 6.08 Å². The highest BCUT2D eigenvalue weighted by Crippen LogP contribution is 2.29. The largest absolute Gasteiger partial charge is 0.478 e. The third-order valence-electron chi connectivity index (χ3n) is 1.63. The van der Waals surface area contributed by atoms with Crippen molar-refractivity contribution in [1.82, 2.24) is 0 Å². The summed E-state index contributed by atoms with van der Waals surface area (Å²) in [7, 11) is 0. The summed E-state index contributed by atoms with van der Waals surface area (Å²) in [6.45, 7) is 0. The van der Waals surface area contributed by atoms with Crippen LogP contribution < -0.4 is 0 Å². The van der Waals surface area contributed by atoms with Crippen LogP contribution in [0.3, 0.4) is 0 Å². The minimum atomic E-state index is -1.53. The molecule has 0 unspecified atom stereocenters. The predicted molar refractivity (Wildman–Crippen MR) is 46.5 cm³/mol. The molecule has 6 heteroatoms. The van der Waals surface area contributed by atoms with Gasteiger partial charge in [-0.15, -0.1) is 0 Å². The molecule has 0 aliphatic heterocycles. The average molecular weight is 225 g/mol. The lowest BCUT2D eigenvalue weighted by Gasteiger charge is -2.22. The second-order valence-corrected chi connectivity index (χ2v) is 3.30. The SMILES string of the molecule is O=C(O)C1=CC(Cl)=C(Cl)[C@@H](O)[C@H]1O. The molecule has 0 aromatic carbocycles. The van der Waals surface area contributed by atoms with E-state index in [2.05, 4.69) is 0 Å². The van der Waals surface area contributed by atoms with E-state index in [1.54, 1.807) is 0 Å². The molecule has 1 rings (SSSR count). The highest BCUT2D eigenvalue weighted by molar-refractivity contribution is 6.41. The van der Waals surface area contributed by atoms with E-state index in [0.29, 0.717) is 0 Å². The summed E-state index contributed by atoms with van der Waals surface area (Å²) in [5.41, 5.74) is -0.373. The quantitative estimate of drug-likeness (QED) is 0.604. The van der Waals surface area contributed by atoms with Crippen LogP contribution in [0.2, 0.25) is 0 Å². The van der Waals surface area contributed by atoms with E-state index in [9.17, 15) is 15.0 Å². The summed E-state index contributed by atoms with van der Waals surface area (Å²) in [6.07, 6.45) is -1.98. The summed E-state index contributed by atoms with van der Waals surface area (Å²) in [4.78, 5) is 10.5. The van der Waals surface area contributed by atoms with Crippen molar-refractivity contribution in [1.29, 1.82) is 0 Å². The Morgan fingerprint density at radius 2 is 1.85 bits per heavy atom. The maximum Gasteiger partial charge on any atom is 0.334 e. The molecule has 1 aliphatic carbocycles. The molecule has 72 valence electrons. The van der Waals surface area contributed by atoms with Crippen molar-refractivity contribution in [3.63, 3.8) is 0 Å². The monoisotopic (exact) mass is 224 g/mol. The van der Waals surface area contributed by atoms with Crippen LogP contribution in [0.1, 0.15) is 0 Å². The van der Waals surface area contributed by atoms with Crippen molar-refractivity contribution in [2.75, 3.05) is 0 Å². The van der Waals surface area contributed by atoms with E-state index in [1.807, 2.05) is 0 Å². The molecule has 2 atom stereocenters. The summed E-state index contributed by atoms with van der Waals surface area (Å²) >= 11 is 11.0. The van der Waals surface area contributed by atoms with Crippen molar-refractivity contribution >= 4 is 29.2 Å². The molecular formula is C7H6Cl2O4. The summed E-state index contributed by atoms with van der Waals surface area (Å²) in [6, 6.07) is 0. The van der Waals surface area contributed by atoms with Crippen LogP contribution in [0.4, 0.5) is 0 Å². The fourth-order valence-electron chi connectivity index (χ4n) is 0.929. The lowest BCUT2D eigenvalue weighted by molar-refractivity contribution is -0.134. The lowest BCUT2D eigenvalue weighted by atomic mass is 9.99. The Bertz CT molecular complexity index is 308. The van der Waals surface area contributed by atoms with E-state index < -0.39 is 18.2 Å². The minimum Gasteiger partial charge on any atom is -0.478 e. The Hall–Kier alpha value is -0.550. The first-order valence-electron chi connectivity index (χ1n) is 3.31. The van der Waals surface area contributed by atoms with Gasteiger partial charge in [-0.25, -0.2) is 4.79 Å². The molecule has 0 amide bonds. The van der Waals surface area contributed by atoms with E-state index >= 15 is 0 Å². The Balaban J connectivity index is 3.12. The Kier molecular flexibility index (Phi) is 2.98. The molecule has 0 heterocycles. The summed E-state index contributed by atoms with van der Waals surface area (Å²) in [5, 5.41) is 26.8. The molecule has 4 nitrogen and oxygen atoms in total. The minimum absolute atomic E-state index is 0.0723. The molecule has 0 aromatic rings. The van der Waals surface area contributed by atoms with E-state index in [-0.39, 0.29) is 15.6 Å². The zero-order valence-electron chi connectivity index (χ0n) is 6.24. The van der Waals surface area contributed by atoms with Crippen molar-refractivity contribution < 1.29 is 20.1 Å². The number of halogens is 2. The number of allylic oxidation sites excluding steroid dienone is 2. The molecule has 0 spiro atoms. The van der Waals surface area contributed by atoms with Gasteiger partial charge in [-0.3, -0.25) is 0 Å². The van der Waals surface area contributed by atoms with Crippen LogP contribution in [0.5, 0.6) is 0 Å². The topological polar surface area (TPSA) is 77.8 Å². The maximum atomic E-state index is 10.5. The number of aliphatic hydroxyl groups is 2. The van der Waals surface area contributed by atoms with Gasteiger partial charge in [-0.05, 0) is 6.08 Å². The molecular weight excluding hydrogens is 219 g/mol. The summed E-state index contributed by atoms with van der Waals surface area (Å²) < 4.78 is 0. The van der Waals surface area contributed by atoms with Gasteiger partial charge in [0.05, 0.1) is 15.6 Å². The number of hydrogen-bond acceptors (Lipinski definition) is 3. The predicted octanol–water partition coefficient (Wildman–Crippen LogP) is 0.422. The molecule has 3 N–H and O–H groups in total. The fourth-order valence-corrected chi connectivity index (χ4v) is 1.33. The molecule has 0 aromatic heterocycles. The average Bonchev–Trinajstić information content (AvgIpc) is 2.07. The van der Waals surface area contributed by atoms with Gasteiger partial charge in [-0.1, -0.05) is 23.2 Å². The third-order valence-corrected chi connectivity index (χ3v) is 2.47. The van der Waals surface area contributed by atoms with Gasteiger partial charge < -0.3 is 15.3 Å². The van der Waals surface area contributed by atoms with Crippen LogP contribution in [0, 0.1) is 0 Å². The molecule has 0 saturated carbocycles. The second kappa shape index (κ2) is 3.67. The van der Waals surface area contributed by atoms with Crippen LogP contribution in [0.15, 0.2) is 21.7 Å². The first-order valence-corrected chi connectivity index (χ1v) is 4.07. The second-order valence-electron chi connectivity index (χ2n) is 2.49. The van der Waals surface area contributed by atoms with Gasteiger partial charge in [0.15, 0.2) is 0 Å². The number of rotatable bonds is 1. The zero-order chi connectivity index (χ0) is 10.2. The highest BCUT2D eigenvalue weighted by atomic mass is 35.5. The van der Waals surface area contributed by atoms with Crippen molar-refractivity contribution in [3.8, 4) is 0 Å². The number of aliphatic carboxylic acids is 1. The smallest absolute Gasteiger partial charge is 0.334 e. The van der Waals surface area contributed by atoms with Crippen LogP contribution in [-0.2, 0) is 4.79 Å². The Labute approximate surface area is 83.7 Å². The standard InChI is InChI=1S/C7H6Cl2O4/c8-3-1-2(7(12)13)5(10)6(11)4(3)9/h1,5-6,10-11H,(H,12,13)/t5-,6+/m0/s1. The zero-order valence-corrected chi connectivity index (χ0v) is 7.75. The normalized spacial score (nSPS) is 28.8. The third kappa shape index (κ3) is 1.86. The Morgan fingerprint density at radius 1 is 1.31 bits per heavy atom. The lowest BCUT2D eigenvalue weighted by Crippen LogP contribution is -2.34. The number of carboxylic acids is 1. The van der Waals surface area contributed by atoms with Crippen molar-refractivity contribution in [2.45, 2.75) is 12.2 Å². The van der Waals surface area contributed by atoms with Gasteiger partial charge in [0.1, 0.15) is 12.2 Å². The summed E-state index contributed by atoms with van der Waals surface area (Å²) in [5.74, 6) is -1.34. The fraction of sp³-hybridized carbons (Fsp3) is 0.286. The molecule has 0 saturated heterocycles. The molecule has 1 aliphatic rings.